The van der Waals surface area contributed by atoms with Crippen LogP contribution in [0.15, 0.2) is 24.3 Å². The summed E-state index contributed by atoms with van der Waals surface area (Å²) in [5.74, 6) is 0.287. The van der Waals surface area contributed by atoms with Crippen molar-refractivity contribution in [3.63, 3.8) is 0 Å². The van der Waals surface area contributed by atoms with Gasteiger partial charge in [0.1, 0.15) is 5.75 Å². The number of hydrogen-bond donors (Lipinski definition) is 3. The van der Waals surface area contributed by atoms with Crippen molar-refractivity contribution < 1.29 is 14.9 Å². The van der Waals surface area contributed by atoms with Crippen molar-refractivity contribution in [2.24, 2.45) is 0 Å². The highest BCUT2D eigenvalue weighted by Crippen LogP contribution is 2.18. The highest BCUT2D eigenvalue weighted by molar-refractivity contribution is 5.26. The Kier molecular flexibility index (Phi) is 5.40. The van der Waals surface area contributed by atoms with E-state index >= 15 is 0 Å². The van der Waals surface area contributed by atoms with E-state index in [1.807, 2.05) is 19.1 Å². The van der Waals surface area contributed by atoms with Crippen LogP contribution in [-0.2, 0) is 11.2 Å². The molecule has 0 saturated carbocycles. The van der Waals surface area contributed by atoms with Crippen molar-refractivity contribution in [2.75, 3.05) is 19.8 Å². The second-order valence-electron chi connectivity index (χ2n) is 5.90. The third kappa shape index (κ3) is 4.47. The van der Waals surface area contributed by atoms with Gasteiger partial charge < -0.3 is 20.3 Å². The first kappa shape index (κ1) is 15.3. The molecule has 0 aliphatic carbocycles. The van der Waals surface area contributed by atoms with Gasteiger partial charge in [0.25, 0.3) is 0 Å². The molecule has 0 aromatic heterocycles. The fraction of sp³-hybridized carbons (Fsp3) is 0.625. The molecule has 2 atom stereocenters. The maximum atomic E-state index is 9.64. The minimum atomic E-state index is -0.288. The second-order valence-corrected chi connectivity index (χ2v) is 5.90. The molecule has 1 heterocycles. The summed E-state index contributed by atoms with van der Waals surface area (Å²) in [4.78, 5) is 0. The van der Waals surface area contributed by atoms with Crippen molar-refractivity contribution >= 4 is 0 Å². The van der Waals surface area contributed by atoms with E-state index in [-0.39, 0.29) is 24.0 Å². The smallest absolute Gasteiger partial charge is 0.115 e. The Morgan fingerprint density at radius 1 is 1.35 bits per heavy atom. The fourth-order valence-corrected chi connectivity index (χ4v) is 2.47. The lowest BCUT2D eigenvalue weighted by Crippen LogP contribution is -2.48. The standard InChI is InChI=1S/C16H25NO3/c1-16(12-18,17-11-15-3-2-10-20-15)9-8-13-4-6-14(19)7-5-13/h4-7,15,17-19H,2-3,8-12H2,1H3. The lowest BCUT2D eigenvalue weighted by molar-refractivity contribution is 0.0894. The molecule has 1 fully saturated rings. The van der Waals surface area contributed by atoms with Gasteiger partial charge >= 0.3 is 0 Å². The van der Waals surface area contributed by atoms with E-state index in [0.29, 0.717) is 0 Å². The van der Waals surface area contributed by atoms with Gasteiger partial charge in [-0.25, -0.2) is 0 Å². The number of aryl methyl sites for hydroxylation is 1. The number of phenolic OH excluding ortho intramolecular Hbond substituents is 1. The van der Waals surface area contributed by atoms with Crippen LogP contribution in [-0.4, -0.2) is 41.6 Å². The number of aliphatic hydroxyl groups excluding tert-OH is 1. The Morgan fingerprint density at radius 3 is 2.70 bits per heavy atom. The second kappa shape index (κ2) is 7.07. The molecule has 1 aliphatic heterocycles. The average Bonchev–Trinajstić information content (AvgIpc) is 2.98. The van der Waals surface area contributed by atoms with Crippen LogP contribution in [0.25, 0.3) is 0 Å². The van der Waals surface area contributed by atoms with Crippen LogP contribution in [0.4, 0.5) is 0 Å². The molecule has 1 aromatic carbocycles. The van der Waals surface area contributed by atoms with Crippen molar-refractivity contribution in [1.82, 2.24) is 5.32 Å². The van der Waals surface area contributed by atoms with Gasteiger partial charge in [-0.15, -0.1) is 0 Å². The Hall–Kier alpha value is -1.10. The Labute approximate surface area is 120 Å². The molecule has 112 valence electrons. The highest BCUT2D eigenvalue weighted by Gasteiger charge is 2.25. The summed E-state index contributed by atoms with van der Waals surface area (Å²) in [7, 11) is 0. The molecule has 0 bridgehead atoms. The van der Waals surface area contributed by atoms with Gasteiger partial charge in [0.15, 0.2) is 0 Å². The number of hydrogen-bond acceptors (Lipinski definition) is 4. The first-order valence-corrected chi connectivity index (χ1v) is 7.37. The number of nitrogens with one attached hydrogen (secondary N) is 1. The van der Waals surface area contributed by atoms with Crippen molar-refractivity contribution in [3.8, 4) is 5.75 Å². The molecule has 2 unspecified atom stereocenters. The quantitative estimate of drug-likeness (QED) is 0.713. The van der Waals surface area contributed by atoms with Crippen LogP contribution in [0.5, 0.6) is 5.75 Å². The van der Waals surface area contributed by atoms with Crippen LogP contribution >= 0.6 is 0 Å². The first-order valence-electron chi connectivity index (χ1n) is 7.37. The lowest BCUT2D eigenvalue weighted by Gasteiger charge is -2.30. The molecule has 3 N–H and O–H groups in total. The molecule has 20 heavy (non-hydrogen) atoms. The monoisotopic (exact) mass is 279 g/mol. The molecule has 4 heteroatoms. The maximum absolute atomic E-state index is 9.64. The van der Waals surface area contributed by atoms with Crippen LogP contribution in [0.3, 0.4) is 0 Å². The summed E-state index contributed by atoms with van der Waals surface area (Å²) in [6.45, 7) is 3.81. The molecule has 0 radical (unpaired) electrons. The summed E-state index contributed by atoms with van der Waals surface area (Å²) < 4.78 is 5.60. The zero-order valence-corrected chi connectivity index (χ0v) is 12.1. The maximum Gasteiger partial charge on any atom is 0.115 e. The molecule has 1 aliphatic rings. The number of aromatic hydroxyl groups is 1. The van der Waals surface area contributed by atoms with E-state index < -0.39 is 0 Å². The summed E-state index contributed by atoms with van der Waals surface area (Å²) in [6.07, 6.45) is 4.24. The number of phenols is 1. The van der Waals surface area contributed by atoms with E-state index in [0.717, 1.165) is 38.8 Å². The van der Waals surface area contributed by atoms with Gasteiger partial charge in [0.2, 0.25) is 0 Å². The van der Waals surface area contributed by atoms with Gasteiger partial charge in [-0.2, -0.15) is 0 Å². The molecule has 1 aromatic rings. The zero-order chi connectivity index (χ0) is 14.4. The van der Waals surface area contributed by atoms with Gasteiger partial charge in [-0.05, 0) is 50.3 Å². The average molecular weight is 279 g/mol. The molecule has 2 rings (SSSR count). The molecule has 1 saturated heterocycles. The first-order chi connectivity index (χ1) is 9.61. The summed E-state index contributed by atoms with van der Waals surface area (Å²) in [5, 5.41) is 22.4. The highest BCUT2D eigenvalue weighted by atomic mass is 16.5. The normalized spacial score (nSPS) is 21.8. The minimum Gasteiger partial charge on any atom is -0.508 e. The lowest BCUT2D eigenvalue weighted by atomic mass is 9.93. The van der Waals surface area contributed by atoms with Crippen molar-refractivity contribution in [2.45, 2.75) is 44.2 Å². The van der Waals surface area contributed by atoms with Crippen LogP contribution < -0.4 is 5.32 Å². The van der Waals surface area contributed by atoms with Gasteiger partial charge in [-0.3, -0.25) is 0 Å². The Balaban J connectivity index is 1.81. The predicted molar refractivity (Wildman–Crippen MR) is 78.9 cm³/mol. The van der Waals surface area contributed by atoms with Gasteiger partial charge in [0, 0.05) is 18.7 Å². The minimum absolute atomic E-state index is 0.109. The predicted octanol–water partition coefficient (Wildman–Crippen LogP) is 1.84. The Morgan fingerprint density at radius 2 is 2.10 bits per heavy atom. The summed E-state index contributed by atoms with van der Waals surface area (Å²) >= 11 is 0. The van der Waals surface area contributed by atoms with Crippen LogP contribution in [0, 0.1) is 0 Å². The van der Waals surface area contributed by atoms with E-state index in [1.165, 1.54) is 5.56 Å². The number of ether oxygens (including phenoxy) is 1. The molecule has 0 spiro atoms. The van der Waals surface area contributed by atoms with Crippen molar-refractivity contribution in [3.05, 3.63) is 29.8 Å². The van der Waals surface area contributed by atoms with Crippen LogP contribution in [0.1, 0.15) is 31.7 Å². The molecule has 0 amide bonds. The van der Waals surface area contributed by atoms with Gasteiger partial charge in [0.05, 0.1) is 12.7 Å². The fourth-order valence-electron chi connectivity index (χ4n) is 2.47. The zero-order valence-electron chi connectivity index (χ0n) is 12.1. The van der Waals surface area contributed by atoms with E-state index in [9.17, 15) is 10.2 Å². The van der Waals surface area contributed by atoms with Gasteiger partial charge in [-0.1, -0.05) is 12.1 Å². The molecular formula is C16H25NO3. The number of rotatable bonds is 7. The number of aliphatic hydroxyl groups is 1. The number of benzene rings is 1. The Bertz CT molecular complexity index is 401. The van der Waals surface area contributed by atoms with E-state index in [4.69, 9.17) is 4.74 Å². The molecular weight excluding hydrogens is 254 g/mol. The van der Waals surface area contributed by atoms with Crippen LogP contribution in [0.2, 0.25) is 0 Å². The van der Waals surface area contributed by atoms with Crippen molar-refractivity contribution in [1.29, 1.82) is 0 Å². The largest absolute Gasteiger partial charge is 0.508 e. The SMILES string of the molecule is CC(CO)(CCc1ccc(O)cc1)NCC1CCCO1. The molecule has 4 nitrogen and oxygen atoms in total. The third-order valence-corrected chi connectivity index (χ3v) is 4.03. The summed E-state index contributed by atoms with van der Waals surface area (Å²) in [6, 6.07) is 7.25. The third-order valence-electron chi connectivity index (χ3n) is 4.03. The topological polar surface area (TPSA) is 61.7 Å². The summed E-state index contributed by atoms with van der Waals surface area (Å²) in [5.41, 5.74) is 0.880. The van der Waals surface area contributed by atoms with E-state index in [2.05, 4.69) is 5.32 Å². The van der Waals surface area contributed by atoms with E-state index in [1.54, 1.807) is 12.1 Å².